The smallest absolute Gasteiger partial charge is 0.151 e. The molecule has 1 unspecified atom stereocenters. The number of aldehydes is 1. The second kappa shape index (κ2) is 3.15. The Morgan fingerprint density at radius 3 is 2.42 bits per heavy atom. The van der Waals surface area contributed by atoms with Gasteiger partial charge in [0.25, 0.3) is 0 Å². The van der Waals surface area contributed by atoms with Crippen LogP contribution in [0.2, 0.25) is 0 Å². The lowest BCUT2D eigenvalue weighted by Gasteiger charge is -2.37. The summed E-state index contributed by atoms with van der Waals surface area (Å²) >= 11 is 0. The predicted octanol–water partition coefficient (Wildman–Crippen LogP) is 0.455. The number of carbonyl (C=O) groups is 1. The average Bonchev–Trinajstić information content (AvgIpc) is 2.53. The molecule has 1 aliphatic carbocycles. The Labute approximate surface area is 72.9 Å². The van der Waals surface area contributed by atoms with E-state index in [-0.39, 0.29) is 5.41 Å². The molecule has 0 aromatic carbocycles. The van der Waals surface area contributed by atoms with Crippen molar-refractivity contribution in [1.82, 2.24) is 0 Å². The third kappa shape index (κ3) is 1.27. The highest BCUT2D eigenvalue weighted by Crippen LogP contribution is 2.44. The number of rotatable bonds is 3. The minimum Gasteiger partial charge on any atom is -0.382 e. The van der Waals surface area contributed by atoms with E-state index in [9.17, 15) is 9.90 Å². The molecule has 1 aliphatic rings. The first kappa shape index (κ1) is 9.68. The average molecular weight is 171 g/mol. The van der Waals surface area contributed by atoms with Crippen molar-refractivity contribution in [2.24, 2.45) is 11.1 Å². The molecule has 3 heteroatoms. The summed E-state index contributed by atoms with van der Waals surface area (Å²) in [4.78, 5) is 10.7. The van der Waals surface area contributed by atoms with E-state index in [4.69, 9.17) is 5.73 Å². The highest BCUT2D eigenvalue weighted by molar-refractivity contribution is 5.63. The van der Waals surface area contributed by atoms with E-state index < -0.39 is 5.60 Å². The maximum Gasteiger partial charge on any atom is 0.151 e. The Bertz CT molecular complexity index is 171. The Morgan fingerprint density at radius 2 is 2.08 bits per heavy atom. The molecule has 12 heavy (non-hydrogen) atoms. The standard InChI is InChI=1S/C9H17NO2/c1-8(12,7-11)9(6-10)4-2-3-5-9/h7,12H,2-6,10H2,1H3. The van der Waals surface area contributed by atoms with Crippen LogP contribution >= 0.6 is 0 Å². The second-order valence-corrected chi connectivity index (χ2v) is 3.96. The summed E-state index contributed by atoms with van der Waals surface area (Å²) in [5.41, 5.74) is 4.02. The molecule has 0 radical (unpaired) electrons. The van der Waals surface area contributed by atoms with Crippen molar-refractivity contribution in [3.8, 4) is 0 Å². The lowest BCUT2D eigenvalue weighted by atomic mass is 9.72. The highest BCUT2D eigenvalue weighted by Gasteiger charge is 2.47. The van der Waals surface area contributed by atoms with E-state index in [1.54, 1.807) is 6.92 Å². The molecule has 1 atom stereocenters. The molecular weight excluding hydrogens is 154 g/mol. The molecule has 0 aromatic heterocycles. The quantitative estimate of drug-likeness (QED) is 0.606. The van der Waals surface area contributed by atoms with Crippen LogP contribution in [0.1, 0.15) is 32.6 Å². The zero-order chi connectivity index (χ0) is 9.24. The molecule has 0 amide bonds. The van der Waals surface area contributed by atoms with Gasteiger partial charge in [0.1, 0.15) is 5.60 Å². The van der Waals surface area contributed by atoms with Gasteiger partial charge in [-0.15, -0.1) is 0 Å². The molecule has 0 aliphatic heterocycles. The van der Waals surface area contributed by atoms with Crippen molar-refractivity contribution in [3.63, 3.8) is 0 Å². The van der Waals surface area contributed by atoms with Gasteiger partial charge in [-0.1, -0.05) is 12.8 Å². The van der Waals surface area contributed by atoms with Crippen LogP contribution in [-0.4, -0.2) is 23.5 Å². The van der Waals surface area contributed by atoms with Crippen molar-refractivity contribution >= 4 is 6.29 Å². The number of hydrogen-bond acceptors (Lipinski definition) is 3. The number of nitrogens with two attached hydrogens (primary N) is 1. The molecule has 1 rings (SSSR count). The van der Waals surface area contributed by atoms with Gasteiger partial charge in [-0.05, 0) is 19.8 Å². The topological polar surface area (TPSA) is 63.3 Å². The lowest BCUT2D eigenvalue weighted by Crippen LogP contribution is -2.50. The van der Waals surface area contributed by atoms with Crippen LogP contribution in [0.5, 0.6) is 0 Å². The first-order valence-corrected chi connectivity index (χ1v) is 4.47. The Balaban J connectivity index is 2.85. The van der Waals surface area contributed by atoms with E-state index in [1.165, 1.54) is 0 Å². The van der Waals surface area contributed by atoms with Gasteiger partial charge >= 0.3 is 0 Å². The van der Waals surface area contributed by atoms with Crippen molar-refractivity contribution in [3.05, 3.63) is 0 Å². The van der Waals surface area contributed by atoms with Gasteiger partial charge in [0.2, 0.25) is 0 Å². The van der Waals surface area contributed by atoms with Gasteiger partial charge in [-0.3, -0.25) is 0 Å². The van der Waals surface area contributed by atoms with Gasteiger partial charge in [0.05, 0.1) is 0 Å². The largest absolute Gasteiger partial charge is 0.382 e. The summed E-state index contributed by atoms with van der Waals surface area (Å²) in [6.45, 7) is 1.97. The Hall–Kier alpha value is -0.410. The first-order valence-electron chi connectivity index (χ1n) is 4.47. The van der Waals surface area contributed by atoms with Crippen LogP contribution in [0.3, 0.4) is 0 Å². The van der Waals surface area contributed by atoms with Crippen LogP contribution in [0.15, 0.2) is 0 Å². The van der Waals surface area contributed by atoms with Gasteiger partial charge in [-0.25, -0.2) is 0 Å². The third-order valence-electron chi connectivity index (χ3n) is 3.25. The minimum atomic E-state index is -1.24. The Kier molecular flexibility index (Phi) is 2.54. The molecule has 0 spiro atoms. The molecule has 0 aromatic rings. The minimum absolute atomic E-state index is 0.352. The number of carbonyl (C=O) groups excluding carboxylic acids is 1. The van der Waals surface area contributed by atoms with Crippen LogP contribution in [0.25, 0.3) is 0 Å². The summed E-state index contributed by atoms with van der Waals surface area (Å²) in [5, 5.41) is 9.83. The van der Waals surface area contributed by atoms with Gasteiger partial charge in [-0.2, -0.15) is 0 Å². The molecule has 0 heterocycles. The fourth-order valence-electron chi connectivity index (χ4n) is 2.09. The summed E-state index contributed by atoms with van der Waals surface area (Å²) in [7, 11) is 0. The van der Waals surface area contributed by atoms with E-state index in [1.807, 2.05) is 0 Å². The fourth-order valence-corrected chi connectivity index (χ4v) is 2.09. The van der Waals surface area contributed by atoms with Gasteiger partial charge in [0, 0.05) is 12.0 Å². The molecule has 70 valence electrons. The van der Waals surface area contributed by atoms with Crippen molar-refractivity contribution in [2.75, 3.05) is 6.54 Å². The lowest BCUT2D eigenvalue weighted by molar-refractivity contribution is -0.136. The van der Waals surface area contributed by atoms with Gasteiger partial charge in [0.15, 0.2) is 6.29 Å². The zero-order valence-electron chi connectivity index (χ0n) is 7.55. The van der Waals surface area contributed by atoms with Crippen LogP contribution in [0.4, 0.5) is 0 Å². The Morgan fingerprint density at radius 1 is 1.58 bits per heavy atom. The van der Waals surface area contributed by atoms with Crippen LogP contribution in [0, 0.1) is 5.41 Å². The van der Waals surface area contributed by atoms with Crippen molar-refractivity contribution < 1.29 is 9.90 Å². The van der Waals surface area contributed by atoms with Crippen LogP contribution in [-0.2, 0) is 4.79 Å². The summed E-state index contributed by atoms with van der Waals surface area (Å²) in [6, 6.07) is 0. The van der Waals surface area contributed by atoms with Crippen LogP contribution < -0.4 is 5.73 Å². The van der Waals surface area contributed by atoms with Crippen molar-refractivity contribution in [1.29, 1.82) is 0 Å². The molecule has 3 N–H and O–H groups in total. The van der Waals surface area contributed by atoms with E-state index in [0.717, 1.165) is 25.7 Å². The molecule has 0 saturated heterocycles. The second-order valence-electron chi connectivity index (χ2n) is 3.96. The molecule has 0 bridgehead atoms. The normalized spacial score (nSPS) is 26.6. The zero-order valence-corrected chi connectivity index (χ0v) is 7.55. The summed E-state index contributed by atoms with van der Waals surface area (Å²) in [6.07, 6.45) is 4.51. The van der Waals surface area contributed by atoms with Crippen molar-refractivity contribution in [2.45, 2.75) is 38.2 Å². The predicted molar refractivity (Wildman–Crippen MR) is 46.6 cm³/mol. The third-order valence-corrected chi connectivity index (χ3v) is 3.25. The fraction of sp³-hybridized carbons (Fsp3) is 0.889. The SMILES string of the molecule is CC(O)(C=O)C1(CN)CCCC1. The molecule has 3 nitrogen and oxygen atoms in total. The van der Waals surface area contributed by atoms with E-state index in [2.05, 4.69) is 0 Å². The maximum atomic E-state index is 10.7. The highest BCUT2D eigenvalue weighted by atomic mass is 16.3. The van der Waals surface area contributed by atoms with E-state index in [0.29, 0.717) is 12.8 Å². The molecular formula is C9H17NO2. The number of hydrogen-bond donors (Lipinski definition) is 2. The molecule has 1 fully saturated rings. The monoisotopic (exact) mass is 171 g/mol. The summed E-state index contributed by atoms with van der Waals surface area (Å²) < 4.78 is 0. The molecule has 1 saturated carbocycles. The van der Waals surface area contributed by atoms with Gasteiger partial charge < -0.3 is 15.6 Å². The summed E-state index contributed by atoms with van der Waals surface area (Å²) in [5.74, 6) is 0. The first-order chi connectivity index (χ1) is 5.58. The number of aliphatic hydroxyl groups is 1. The van der Waals surface area contributed by atoms with E-state index >= 15 is 0 Å². The maximum absolute atomic E-state index is 10.7.